The maximum absolute atomic E-state index is 12.9. The molecule has 2 aromatic carbocycles. The van der Waals surface area contributed by atoms with Crippen molar-refractivity contribution in [1.82, 2.24) is 5.32 Å². The minimum Gasteiger partial charge on any atom is -0.480 e. The summed E-state index contributed by atoms with van der Waals surface area (Å²) in [6, 6.07) is 14.8. The fourth-order valence-corrected chi connectivity index (χ4v) is 3.36. The third-order valence-corrected chi connectivity index (χ3v) is 4.87. The van der Waals surface area contributed by atoms with Crippen LogP contribution in [0.4, 0.5) is 0 Å². The highest BCUT2D eigenvalue weighted by Gasteiger charge is 2.36. The molecule has 1 aliphatic carbocycles. The molecule has 4 nitrogen and oxygen atoms in total. The Bertz CT molecular complexity index is 738. The molecule has 0 radical (unpaired) electrons. The fourth-order valence-electron chi connectivity index (χ4n) is 3.36. The third kappa shape index (κ3) is 2.68. The second-order valence-corrected chi connectivity index (χ2v) is 6.32. The zero-order valence-corrected chi connectivity index (χ0v) is 13.8. The van der Waals surface area contributed by atoms with Crippen molar-refractivity contribution < 1.29 is 14.7 Å². The van der Waals surface area contributed by atoms with E-state index in [1.54, 1.807) is 0 Å². The molecule has 24 heavy (non-hydrogen) atoms. The Morgan fingerprint density at radius 3 is 2.00 bits per heavy atom. The van der Waals surface area contributed by atoms with Crippen molar-refractivity contribution in [3.63, 3.8) is 0 Å². The molecule has 0 aliphatic heterocycles. The molecule has 0 spiro atoms. The Labute approximate surface area is 141 Å². The van der Waals surface area contributed by atoms with E-state index in [2.05, 4.69) is 5.32 Å². The van der Waals surface area contributed by atoms with Gasteiger partial charge in [-0.25, -0.2) is 4.79 Å². The van der Waals surface area contributed by atoms with Crippen LogP contribution >= 0.6 is 0 Å². The number of benzene rings is 2. The molecule has 3 rings (SSSR count). The van der Waals surface area contributed by atoms with E-state index < -0.39 is 17.9 Å². The molecule has 1 aliphatic rings. The summed E-state index contributed by atoms with van der Waals surface area (Å²) in [6.45, 7) is 3.77. The van der Waals surface area contributed by atoms with Crippen LogP contribution in [0.25, 0.3) is 11.1 Å². The molecule has 0 unspecified atom stereocenters. The number of carbonyl (C=O) groups is 2. The van der Waals surface area contributed by atoms with Gasteiger partial charge in [-0.1, -0.05) is 68.8 Å². The lowest BCUT2D eigenvalue weighted by atomic mass is 9.93. The number of carboxylic acid groups (broad SMARTS) is 1. The predicted molar refractivity (Wildman–Crippen MR) is 92.7 cm³/mol. The van der Waals surface area contributed by atoms with Gasteiger partial charge in [-0.05, 0) is 28.2 Å². The van der Waals surface area contributed by atoms with E-state index >= 15 is 0 Å². The molecule has 0 fully saturated rings. The highest BCUT2D eigenvalue weighted by atomic mass is 16.4. The Balaban J connectivity index is 1.97. The lowest BCUT2D eigenvalue weighted by Crippen LogP contribution is -2.46. The van der Waals surface area contributed by atoms with Crippen molar-refractivity contribution in [2.45, 2.75) is 32.2 Å². The van der Waals surface area contributed by atoms with E-state index in [-0.39, 0.29) is 11.8 Å². The molecule has 0 saturated carbocycles. The molecule has 2 N–H and O–H groups in total. The van der Waals surface area contributed by atoms with Crippen molar-refractivity contribution in [1.29, 1.82) is 0 Å². The first-order valence-corrected chi connectivity index (χ1v) is 8.26. The van der Waals surface area contributed by atoms with E-state index in [1.807, 2.05) is 62.4 Å². The highest BCUT2D eigenvalue weighted by molar-refractivity contribution is 5.97. The van der Waals surface area contributed by atoms with Crippen molar-refractivity contribution in [2.24, 2.45) is 5.92 Å². The summed E-state index contributed by atoms with van der Waals surface area (Å²) in [5.41, 5.74) is 3.96. The van der Waals surface area contributed by atoms with E-state index in [1.165, 1.54) is 0 Å². The molecular formula is C20H21NO3. The summed E-state index contributed by atoms with van der Waals surface area (Å²) < 4.78 is 0. The largest absolute Gasteiger partial charge is 0.480 e. The molecule has 2 atom stereocenters. The number of aliphatic carboxylic acids is 1. The van der Waals surface area contributed by atoms with Crippen molar-refractivity contribution in [3.8, 4) is 11.1 Å². The van der Waals surface area contributed by atoms with Crippen LogP contribution in [-0.2, 0) is 9.59 Å². The number of fused-ring (bicyclic) bond motifs is 3. The lowest BCUT2D eigenvalue weighted by molar-refractivity contribution is -0.143. The van der Waals surface area contributed by atoms with Crippen molar-refractivity contribution in [2.75, 3.05) is 0 Å². The summed E-state index contributed by atoms with van der Waals surface area (Å²) >= 11 is 0. The van der Waals surface area contributed by atoms with E-state index in [0.717, 1.165) is 22.3 Å². The Kier molecular flexibility index (Phi) is 4.38. The number of carboxylic acids is 1. The smallest absolute Gasteiger partial charge is 0.326 e. The van der Waals surface area contributed by atoms with E-state index in [4.69, 9.17) is 0 Å². The number of hydrogen-bond acceptors (Lipinski definition) is 2. The van der Waals surface area contributed by atoms with Gasteiger partial charge in [0.2, 0.25) is 5.91 Å². The van der Waals surface area contributed by atoms with Gasteiger partial charge in [-0.2, -0.15) is 0 Å². The zero-order valence-electron chi connectivity index (χ0n) is 13.8. The van der Waals surface area contributed by atoms with Gasteiger partial charge in [0.25, 0.3) is 0 Å². The minimum atomic E-state index is -0.989. The molecule has 1 amide bonds. The molecular weight excluding hydrogens is 302 g/mol. The average molecular weight is 323 g/mol. The minimum absolute atomic E-state index is 0.127. The second kappa shape index (κ2) is 6.48. The zero-order chi connectivity index (χ0) is 17.3. The molecule has 2 aromatic rings. The third-order valence-electron chi connectivity index (χ3n) is 4.87. The maximum atomic E-state index is 12.9. The summed E-state index contributed by atoms with van der Waals surface area (Å²) in [5.74, 6) is -1.82. The molecule has 0 heterocycles. The van der Waals surface area contributed by atoms with Gasteiger partial charge in [0.1, 0.15) is 6.04 Å². The van der Waals surface area contributed by atoms with Crippen LogP contribution in [-0.4, -0.2) is 23.0 Å². The first-order valence-electron chi connectivity index (χ1n) is 8.26. The van der Waals surface area contributed by atoms with Gasteiger partial charge in [-0.3, -0.25) is 4.79 Å². The van der Waals surface area contributed by atoms with Crippen molar-refractivity contribution >= 4 is 11.9 Å². The van der Waals surface area contributed by atoms with Gasteiger partial charge in [-0.15, -0.1) is 0 Å². The van der Waals surface area contributed by atoms with Crippen LogP contribution in [0.15, 0.2) is 48.5 Å². The number of amides is 1. The van der Waals surface area contributed by atoms with Crippen LogP contribution in [0.3, 0.4) is 0 Å². The van der Waals surface area contributed by atoms with Gasteiger partial charge in [0.05, 0.1) is 5.92 Å². The van der Waals surface area contributed by atoms with Crippen LogP contribution in [0.5, 0.6) is 0 Å². The highest BCUT2D eigenvalue weighted by Crippen LogP contribution is 2.44. The van der Waals surface area contributed by atoms with Gasteiger partial charge < -0.3 is 10.4 Å². The summed E-state index contributed by atoms with van der Waals surface area (Å²) in [7, 11) is 0. The summed E-state index contributed by atoms with van der Waals surface area (Å²) in [4.78, 5) is 24.5. The van der Waals surface area contributed by atoms with Crippen LogP contribution in [0.2, 0.25) is 0 Å². The Hall–Kier alpha value is -2.62. The fraction of sp³-hybridized carbons (Fsp3) is 0.300. The molecule has 124 valence electrons. The summed E-state index contributed by atoms with van der Waals surface area (Å²) in [6.07, 6.45) is 0.690. The SMILES string of the molecule is CC[C@H](C)[C@@H](NC(=O)C1c2ccccc2-c2ccccc21)C(=O)O. The number of hydrogen-bond donors (Lipinski definition) is 2. The number of rotatable bonds is 5. The summed E-state index contributed by atoms with van der Waals surface area (Å²) in [5, 5.41) is 12.2. The monoisotopic (exact) mass is 323 g/mol. The van der Waals surface area contributed by atoms with Crippen LogP contribution in [0, 0.1) is 5.92 Å². The molecule has 0 bridgehead atoms. The second-order valence-electron chi connectivity index (χ2n) is 6.32. The Morgan fingerprint density at radius 1 is 1.04 bits per heavy atom. The van der Waals surface area contributed by atoms with Gasteiger partial charge in [0, 0.05) is 0 Å². The average Bonchev–Trinajstić information content (AvgIpc) is 2.93. The van der Waals surface area contributed by atoms with Crippen LogP contribution < -0.4 is 5.32 Å². The van der Waals surface area contributed by atoms with Crippen molar-refractivity contribution in [3.05, 3.63) is 59.7 Å². The van der Waals surface area contributed by atoms with E-state index in [9.17, 15) is 14.7 Å². The standard InChI is InChI=1S/C20H21NO3/c1-3-12(2)18(20(23)24)21-19(22)17-15-10-6-4-8-13(15)14-9-5-7-11-16(14)17/h4-12,17-18H,3H2,1-2H3,(H,21,22)(H,23,24)/t12-,18+/m0/s1. The van der Waals surface area contributed by atoms with Gasteiger partial charge in [0.15, 0.2) is 0 Å². The Morgan fingerprint density at radius 2 is 1.54 bits per heavy atom. The molecule has 0 aromatic heterocycles. The first kappa shape index (κ1) is 16.2. The molecule has 4 heteroatoms. The first-order chi connectivity index (χ1) is 11.5. The lowest BCUT2D eigenvalue weighted by Gasteiger charge is -2.23. The number of nitrogens with one attached hydrogen (secondary N) is 1. The van der Waals surface area contributed by atoms with Crippen LogP contribution in [0.1, 0.15) is 37.3 Å². The normalized spacial score (nSPS) is 15.2. The maximum Gasteiger partial charge on any atom is 0.326 e. The van der Waals surface area contributed by atoms with Gasteiger partial charge >= 0.3 is 5.97 Å². The predicted octanol–water partition coefficient (Wildman–Crippen LogP) is 3.41. The number of carbonyl (C=O) groups excluding carboxylic acids is 1. The molecule has 0 saturated heterocycles. The van der Waals surface area contributed by atoms with E-state index in [0.29, 0.717) is 6.42 Å². The quantitative estimate of drug-likeness (QED) is 0.886. The topological polar surface area (TPSA) is 66.4 Å².